The lowest BCUT2D eigenvalue weighted by Crippen LogP contribution is -2.59. The van der Waals surface area contributed by atoms with Crippen LogP contribution < -0.4 is 10.6 Å². The molecule has 0 aliphatic carbocycles. The molecule has 1 spiro atoms. The summed E-state index contributed by atoms with van der Waals surface area (Å²) in [7, 11) is 0. The Bertz CT molecular complexity index is 1040. The van der Waals surface area contributed by atoms with E-state index in [1.165, 1.54) is 4.90 Å². The Kier molecular flexibility index (Phi) is 8.92. The van der Waals surface area contributed by atoms with E-state index in [1.54, 1.807) is 0 Å². The summed E-state index contributed by atoms with van der Waals surface area (Å²) in [4.78, 5) is 45.1. The molecule has 39 heavy (non-hydrogen) atoms. The number of carbonyl (C=O) groups is 3. The summed E-state index contributed by atoms with van der Waals surface area (Å²) < 4.78 is 12.0. The number of aliphatic hydroxyl groups is 1. The third kappa shape index (κ3) is 5.36. The smallest absolute Gasteiger partial charge is 0.245 e. The molecule has 1 aromatic rings. The maximum atomic E-state index is 14.2. The maximum Gasteiger partial charge on any atom is 0.245 e. The number of nitrogens with zero attached hydrogens (tertiary/aromatic N) is 2. The molecule has 1 aromatic carbocycles. The van der Waals surface area contributed by atoms with Gasteiger partial charge in [-0.1, -0.05) is 53.2 Å². The lowest BCUT2D eigenvalue weighted by molar-refractivity contribution is -0.145. The van der Waals surface area contributed by atoms with Crippen LogP contribution in [0.4, 0.5) is 0 Å². The van der Waals surface area contributed by atoms with Gasteiger partial charge in [0.15, 0.2) is 0 Å². The van der Waals surface area contributed by atoms with Crippen molar-refractivity contribution >= 4 is 33.7 Å². The zero-order chi connectivity index (χ0) is 27.6. The van der Waals surface area contributed by atoms with Gasteiger partial charge < -0.3 is 30.1 Å². The van der Waals surface area contributed by atoms with Crippen LogP contribution in [0.1, 0.15) is 25.3 Å². The molecule has 3 amide bonds. The van der Waals surface area contributed by atoms with Crippen molar-refractivity contribution in [2.24, 2.45) is 11.8 Å². The van der Waals surface area contributed by atoms with Crippen LogP contribution in [0.25, 0.3) is 0 Å². The van der Waals surface area contributed by atoms with Gasteiger partial charge in [-0.25, -0.2) is 0 Å². The largest absolute Gasteiger partial charge is 0.394 e. The van der Waals surface area contributed by atoms with Crippen LogP contribution in [0.15, 0.2) is 30.3 Å². The fourth-order valence-electron chi connectivity index (χ4n) is 6.82. The number of aliphatic hydroxyl groups excluding tert-OH is 1. The summed E-state index contributed by atoms with van der Waals surface area (Å²) in [5, 5.41) is 16.5. The molecule has 11 heteroatoms. The van der Waals surface area contributed by atoms with Crippen molar-refractivity contribution in [3.05, 3.63) is 35.9 Å². The van der Waals surface area contributed by atoms with Crippen molar-refractivity contribution < 1.29 is 29.0 Å². The second kappa shape index (κ2) is 12.2. The Morgan fingerprint density at radius 2 is 1.87 bits per heavy atom. The zero-order valence-electron chi connectivity index (χ0n) is 22.4. The molecule has 4 aliphatic heterocycles. The molecule has 3 N–H and O–H groups in total. The Morgan fingerprint density at radius 3 is 2.56 bits per heavy atom. The minimum atomic E-state index is -1.14. The number of alkyl halides is 1. The average molecular weight is 608 g/mol. The molecule has 2 bridgehead atoms. The molecule has 0 saturated carbocycles. The summed E-state index contributed by atoms with van der Waals surface area (Å²) in [6.07, 6.45) is 1.10. The number of amides is 3. The number of hydrogen-bond acceptors (Lipinski definition) is 7. The quantitative estimate of drug-likeness (QED) is 0.310. The van der Waals surface area contributed by atoms with Gasteiger partial charge in [-0.15, -0.1) is 0 Å². The number of likely N-dealkylation sites (tertiary alicyclic amines) is 1. The second-order valence-corrected chi connectivity index (χ2v) is 12.1. The zero-order valence-corrected chi connectivity index (χ0v) is 24.0. The van der Waals surface area contributed by atoms with Crippen LogP contribution in [0.3, 0.4) is 0 Å². The Hall–Kier alpha value is -2.05. The Balaban J connectivity index is 1.44. The normalized spacial score (nSPS) is 32.7. The average Bonchev–Trinajstić information content (AvgIpc) is 3.54. The SMILES string of the molecule is CCCNC(=O)[C@H]1[C@@H]2OC3(CC2Br)C(C(=O)NCCN2CCOCC2)N([C@@H](CO)Cc2ccccc2)C(=O)[C@H]13. The molecule has 4 heterocycles. The first-order valence-electron chi connectivity index (χ1n) is 14.1. The summed E-state index contributed by atoms with van der Waals surface area (Å²) in [5.41, 5.74) is -0.191. The molecule has 214 valence electrons. The first-order chi connectivity index (χ1) is 18.9. The van der Waals surface area contributed by atoms with E-state index in [-0.39, 0.29) is 29.2 Å². The summed E-state index contributed by atoms with van der Waals surface area (Å²) >= 11 is 3.70. The monoisotopic (exact) mass is 606 g/mol. The number of carbonyl (C=O) groups excluding carboxylic acids is 3. The van der Waals surface area contributed by atoms with Gasteiger partial charge in [-0.3, -0.25) is 19.3 Å². The van der Waals surface area contributed by atoms with Gasteiger partial charge in [0.2, 0.25) is 17.7 Å². The molecule has 4 saturated heterocycles. The minimum Gasteiger partial charge on any atom is -0.394 e. The number of rotatable bonds is 11. The van der Waals surface area contributed by atoms with Gasteiger partial charge >= 0.3 is 0 Å². The van der Waals surface area contributed by atoms with Gasteiger partial charge in [0.25, 0.3) is 0 Å². The molecular formula is C28H39BrN4O6. The van der Waals surface area contributed by atoms with Crippen LogP contribution >= 0.6 is 15.9 Å². The number of fused-ring (bicyclic) bond motifs is 1. The van der Waals surface area contributed by atoms with E-state index in [1.807, 2.05) is 37.3 Å². The van der Waals surface area contributed by atoms with Crippen molar-refractivity contribution in [3.63, 3.8) is 0 Å². The third-order valence-corrected chi connectivity index (χ3v) is 9.42. The number of hydrogen-bond donors (Lipinski definition) is 3. The number of nitrogens with one attached hydrogen (secondary N) is 2. The first-order valence-corrected chi connectivity index (χ1v) is 15.0. The molecule has 4 aliphatic rings. The molecule has 0 aromatic heterocycles. The standard InChI is InChI=1S/C28H39BrN4O6/c1-2-8-30-25(35)21-22-27(37)33(19(17-34)15-18-6-4-3-5-7-18)24(28(22)16-20(29)23(21)39-28)26(36)31-9-10-32-11-13-38-14-12-32/h3-7,19-24,34H,2,8-17H2,1H3,(H,30,35)(H,31,36)/t19-,20?,21-,22+,23-,24?,28?/m1/s1. The highest BCUT2D eigenvalue weighted by Gasteiger charge is 2.77. The van der Waals surface area contributed by atoms with Crippen LogP contribution in [-0.2, 0) is 30.3 Å². The Morgan fingerprint density at radius 1 is 1.15 bits per heavy atom. The Labute approximate surface area is 237 Å². The van der Waals surface area contributed by atoms with Crippen LogP contribution in [0.2, 0.25) is 0 Å². The van der Waals surface area contributed by atoms with Crippen LogP contribution in [0.5, 0.6) is 0 Å². The minimum absolute atomic E-state index is 0.163. The second-order valence-electron chi connectivity index (χ2n) is 11.0. The number of benzene rings is 1. The van der Waals surface area contributed by atoms with Crippen molar-refractivity contribution in [2.75, 3.05) is 52.5 Å². The fourth-order valence-corrected chi connectivity index (χ4v) is 7.76. The number of ether oxygens (including phenoxy) is 2. The van der Waals surface area contributed by atoms with E-state index in [0.717, 1.165) is 25.1 Å². The summed E-state index contributed by atoms with van der Waals surface area (Å²) in [6.45, 7) is 6.22. The topological polar surface area (TPSA) is 120 Å². The highest BCUT2D eigenvalue weighted by molar-refractivity contribution is 9.09. The number of halogens is 1. The van der Waals surface area contributed by atoms with Crippen molar-refractivity contribution in [1.29, 1.82) is 0 Å². The van der Waals surface area contributed by atoms with Crippen molar-refractivity contribution in [3.8, 4) is 0 Å². The van der Waals surface area contributed by atoms with E-state index < -0.39 is 35.6 Å². The van der Waals surface area contributed by atoms with E-state index >= 15 is 0 Å². The molecule has 0 radical (unpaired) electrons. The highest BCUT2D eigenvalue weighted by atomic mass is 79.9. The van der Waals surface area contributed by atoms with Crippen LogP contribution in [-0.4, -0.2) is 114 Å². The number of morpholine rings is 1. The van der Waals surface area contributed by atoms with Gasteiger partial charge in [-0.05, 0) is 24.8 Å². The van der Waals surface area contributed by atoms with E-state index in [9.17, 15) is 19.5 Å². The first kappa shape index (κ1) is 28.5. The van der Waals surface area contributed by atoms with E-state index in [0.29, 0.717) is 45.7 Å². The lowest BCUT2D eigenvalue weighted by atomic mass is 9.70. The van der Waals surface area contributed by atoms with Crippen LogP contribution in [0, 0.1) is 11.8 Å². The molecule has 7 atom stereocenters. The predicted molar refractivity (Wildman–Crippen MR) is 147 cm³/mol. The van der Waals surface area contributed by atoms with E-state index in [4.69, 9.17) is 9.47 Å². The molecule has 10 nitrogen and oxygen atoms in total. The third-order valence-electron chi connectivity index (χ3n) is 8.58. The fraction of sp³-hybridized carbons (Fsp3) is 0.679. The van der Waals surface area contributed by atoms with Gasteiger partial charge in [-0.2, -0.15) is 0 Å². The maximum absolute atomic E-state index is 14.2. The molecular weight excluding hydrogens is 568 g/mol. The van der Waals surface area contributed by atoms with E-state index in [2.05, 4.69) is 31.5 Å². The molecule has 3 unspecified atom stereocenters. The summed E-state index contributed by atoms with van der Waals surface area (Å²) in [5.74, 6) is -2.31. The molecule has 4 fully saturated rings. The van der Waals surface area contributed by atoms with Gasteiger partial charge in [0.1, 0.15) is 11.6 Å². The lowest BCUT2D eigenvalue weighted by Gasteiger charge is -2.37. The highest BCUT2D eigenvalue weighted by Crippen LogP contribution is 2.60. The van der Waals surface area contributed by atoms with Gasteiger partial charge in [0.05, 0.1) is 43.8 Å². The van der Waals surface area contributed by atoms with Gasteiger partial charge in [0, 0.05) is 37.6 Å². The van der Waals surface area contributed by atoms with Crippen molar-refractivity contribution in [2.45, 2.75) is 54.8 Å². The van der Waals surface area contributed by atoms with Crippen molar-refractivity contribution in [1.82, 2.24) is 20.4 Å². The molecule has 5 rings (SSSR count). The predicted octanol–water partition coefficient (Wildman–Crippen LogP) is 0.313. The summed E-state index contributed by atoms with van der Waals surface area (Å²) in [6, 6.07) is 8.03.